The van der Waals surface area contributed by atoms with Crippen molar-refractivity contribution in [2.75, 3.05) is 19.5 Å². The van der Waals surface area contributed by atoms with E-state index in [4.69, 9.17) is 9.47 Å². The van der Waals surface area contributed by atoms with Crippen molar-refractivity contribution < 1.29 is 13.9 Å². The third-order valence-electron chi connectivity index (χ3n) is 3.11. The lowest BCUT2D eigenvalue weighted by Crippen LogP contribution is -2.02. The molecule has 4 heteroatoms. The molecule has 0 aromatic heterocycles. The first-order valence-electron chi connectivity index (χ1n) is 6.35. The van der Waals surface area contributed by atoms with Crippen LogP contribution in [0, 0.1) is 12.7 Å². The fourth-order valence-corrected chi connectivity index (χ4v) is 1.96. The van der Waals surface area contributed by atoms with Gasteiger partial charge in [-0.1, -0.05) is 12.1 Å². The maximum absolute atomic E-state index is 13.2. The number of benzene rings is 2. The molecule has 0 aliphatic heterocycles. The number of nitrogens with one attached hydrogen (secondary N) is 1. The molecule has 0 amide bonds. The van der Waals surface area contributed by atoms with E-state index in [-0.39, 0.29) is 5.82 Å². The molecule has 0 spiro atoms. The second-order valence-corrected chi connectivity index (χ2v) is 4.50. The van der Waals surface area contributed by atoms with E-state index in [1.165, 1.54) is 6.07 Å². The highest BCUT2D eigenvalue weighted by atomic mass is 19.1. The molecule has 0 heterocycles. The van der Waals surface area contributed by atoms with Crippen LogP contribution in [0.3, 0.4) is 0 Å². The van der Waals surface area contributed by atoms with E-state index in [9.17, 15) is 4.39 Å². The minimum atomic E-state index is -0.184. The van der Waals surface area contributed by atoms with Crippen molar-refractivity contribution >= 4 is 5.69 Å². The first-order valence-corrected chi connectivity index (χ1v) is 6.35. The lowest BCUT2D eigenvalue weighted by atomic mass is 10.1. The fourth-order valence-electron chi connectivity index (χ4n) is 1.96. The maximum Gasteiger partial charge on any atom is 0.145 e. The Morgan fingerprint density at radius 1 is 1.05 bits per heavy atom. The van der Waals surface area contributed by atoms with Gasteiger partial charge in [0.15, 0.2) is 0 Å². The smallest absolute Gasteiger partial charge is 0.145 e. The van der Waals surface area contributed by atoms with Crippen LogP contribution in [0.2, 0.25) is 0 Å². The Hall–Kier alpha value is -2.23. The van der Waals surface area contributed by atoms with Crippen molar-refractivity contribution in [1.29, 1.82) is 0 Å². The summed E-state index contributed by atoms with van der Waals surface area (Å²) in [5.74, 6) is 1.27. The lowest BCUT2D eigenvalue weighted by molar-refractivity contribution is 0.395. The summed E-state index contributed by atoms with van der Waals surface area (Å²) in [6, 6.07) is 10.7. The molecule has 0 bridgehead atoms. The van der Waals surface area contributed by atoms with Crippen LogP contribution in [-0.2, 0) is 6.54 Å². The zero-order chi connectivity index (χ0) is 14.5. The van der Waals surface area contributed by atoms with E-state index in [0.717, 1.165) is 17.0 Å². The third kappa shape index (κ3) is 3.20. The molecular weight excluding hydrogens is 257 g/mol. The van der Waals surface area contributed by atoms with Gasteiger partial charge in [-0.3, -0.25) is 0 Å². The molecule has 0 atom stereocenters. The topological polar surface area (TPSA) is 30.5 Å². The molecule has 3 nitrogen and oxygen atoms in total. The predicted octanol–water partition coefficient (Wildman–Crippen LogP) is 3.76. The number of aryl methyl sites for hydroxylation is 1. The van der Waals surface area contributed by atoms with Crippen molar-refractivity contribution in [3.8, 4) is 11.5 Å². The zero-order valence-corrected chi connectivity index (χ0v) is 11.9. The highest BCUT2D eigenvalue weighted by Gasteiger charge is 2.05. The van der Waals surface area contributed by atoms with Crippen molar-refractivity contribution in [1.82, 2.24) is 0 Å². The molecule has 0 aliphatic rings. The average molecular weight is 275 g/mol. The second kappa shape index (κ2) is 6.28. The van der Waals surface area contributed by atoms with Gasteiger partial charge in [0.1, 0.15) is 17.3 Å². The van der Waals surface area contributed by atoms with Crippen molar-refractivity contribution in [3.05, 3.63) is 53.3 Å². The second-order valence-electron chi connectivity index (χ2n) is 4.50. The minimum absolute atomic E-state index is 0.184. The van der Waals surface area contributed by atoms with E-state index in [1.807, 2.05) is 24.3 Å². The average Bonchev–Trinajstić information content (AvgIpc) is 2.48. The molecule has 2 aromatic rings. The minimum Gasteiger partial charge on any atom is -0.497 e. The van der Waals surface area contributed by atoms with E-state index < -0.39 is 0 Å². The summed E-state index contributed by atoms with van der Waals surface area (Å²) in [6.07, 6.45) is 0. The summed E-state index contributed by atoms with van der Waals surface area (Å²) in [5, 5.41) is 3.28. The Kier molecular flexibility index (Phi) is 4.45. The van der Waals surface area contributed by atoms with Gasteiger partial charge in [-0.2, -0.15) is 0 Å². The molecule has 2 aromatic carbocycles. The number of rotatable bonds is 5. The van der Waals surface area contributed by atoms with Gasteiger partial charge in [0.05, 0.1) is 19.9 Å². The molecule has 2 rings (SSSR count). The molecule has 1 N–H and O–H groups in total. The summed E-state index contributed by atoms with van der Waals surface area (Å²) in [4.78, 5) is 0. The van der Waals surface area contributed by atoms with Gasteiger partial charge in [-0.05, 0) is 36.2 Å². The summed E-state index contributed by atoms with van der Waals surface area (Å²) < 4.78 is 23.7. The van der Waals surface area contributed by atoms with Gasteiger partial charge < -0.3 is 14.8 Å². The lowest BCUT2D eigenvalue weighted by Gasteiger charge is -2.13. The highest BCUT2D eigenvalue weighted by molar-refractivity contribution is 5.59. The Morgan fingerprint density at radius 2 is 1.85 bits per heavy atom. The van der Waals surface area contributed by atoms with Crippen LogP contribution in [0.15, 0.2) is 36.4 Å². The molecule has 0 saturated heterocycles. The van der Waals surface area contributed by atoms with Crippen LogP contribution >= 0.6 is 0 Å². The maximum atomic E-state index is 13.2. The number of halogens is 1. The number of hydrogen-bond donors (Lipinski definition) is 1. The Bertz CT molecular complexity index is 599. The Labute approximate surface area is 118 Å². The van der Waals surface area contributed by atoms with Crippen molar-refractivity contribution in [2.24, 2.45) is 0 Å². The highest BCUT2D eigenvalue weighted by Crippen LogP contribution is 2.29. The molecular formula is C16H18FNO2. The number of ether oxygens (including phenoxy) is 2. The van der Waals surface area contributed by atoms with E-state index in [1.54, 1.807) is 27.2 Å². The third-order valence-corrected chi connectivity index (χ3v) is 3.11. The van der Waals surface area contributed by atoms with E-state index in [0.29, 0.717) is 17.9 Å². The summed E-state index contributed by atoms with van der Waals surface area (Å²) in [5.41, 5.74) is 2.53. The standard InChI is InChI=1S/C16H18FNO2/c1-11-8-12(4-6-14(11)17)10-18-15-7-5-13(19-2)9-16(15)20-3/h4-9,18H,10H2,1-3H3. The number of anilines is 1. The van der Waals surface area contributed by atoms with Gasteiger partial charge in [0.25, 0.3) is 0 Å². The first kappa shape index (κ1) is 14.2. The first-order chi connectivity index (χ1) is 9.63. The quantitative estimate of drug-likeness (QED) is 0.901. The molecule has 0 fully saturated rings. The van der Waals surface area contributed by atoms with Crippen LogP contribution in [0.1, 0.15) is 11.1 Å². The van der Waals surface area contributed by atoms with Crippen LogP contribution in [-0.4, -0.2) is 14.2 Å². The summed E-state index contributed by atoms with van der Waals surface area (Å²) in [6.45, 7) is 2.36. The number of methoxy groups -OCH3 is 2. The molecule has 106 valence electrons. The predicted molar refractivity (Wildman–Crippen MR) is 78.0 cm³/mol. The van der Waals surface area contributed by atoms with Gasteiger partial charge in [0.2, 0.25) is 0 Å². The number of hydrogen-bond acceptors (Lipinski definition) is 3. The zero-order valence-electron chi connectivity index (χ0n) is 11.9. The van der Waals surface area contributed by atoms with Gasteiger partial charge in [-0.25, -0.2) is 4.39 Å². The van der Waals surface area contributed by atoms with Gasteiger partial charge >= 0.3 is 0 Å². The van der Waals surface area contributed by atoms with Crippen molar-refractivity contribution in [3.63, 3.8) is 0 Å². The fraction of sp³-hybridized carbons (Fsp3) is 0.250. The Balaban J connectivity index is 2.12. The molecule has 0 aliphatic carbocycles. The van der Waals surface area contributed by atoms with Gasteiger partial charge in [0, 0.05) is 12.6 Å². The van der Waals surface area contributed by atoms with Gasteiger partial charge in [-0.15, -0.1) is 0 Å². The van der Waals surface area contributed by atoms with Crippen LogP contribution < -0.4 is 14.8 Å². The van der Waals surface area contributed by atoms with Crippen LogP contribution in [0.5, 0.6) is 11.5 Å². The van der Waals surface area contributed by atoms with Crippen LogP contribution in [0.4, 0.5) is 10.1 Å². The summed E-state index contributed by atoms with van der Waals surface area (Å²) >= 11 is 0. The van der Waals surface area contributed by atoms with Crippen molar-refractivity contribution in [2.45, 2.75) is 13.5 Å². The largest absolute Gasteiger partial charge is 0.497 e. The van der Waals surface area contributed by atoms with E-state index in [2.05, 4.69) is 5.32 Å². The molecule has 0 radical (unpaired) electrons. The normalized spacial score (nSPS) is 10.2. The SMILES string of the molecule is COc1ccc(NCc2ccc(F)c(C)c2)c(OC)c1. The van der Waals surface area contributed by atoms with E-state index >= 15 is 0 Å². The monoisotopic (exact) mass is 275 g/mol. The molecule has 0 unspecified atom stereocenters. The summed E-state index contributed by atoms with van der Waals surface area (Å²) in [7, 11) is 3.23. The molecule has 20 heavy (non-hydrogen) atoms. The Morgan fingerprint density at radius 3 is 2.50 bits per heavy atom. The van der Waals surface area contributed by atoms with Crippen LogP contribution in [0.25, 0.3) is 0 Å². The molecule has 0 saturated carbocycles.